The highest BCUT2D eigenvalue weighted by Gasteiger charge is 2.53. The summed E-state index contributed by atoms with van der Waals surface area (Å²) in [7, 11) is -3.90. The highest BCUT2D eigenvalue weighted by molar-refractivity contribution is 7.67. The van der Waals surface area contributed by atoms with Crippen molar-refractivity contribution in [2.24, 2.45) is 0 Å². The van der Waals surface area contributed by atoms with Gasteiger partial charge in [0.1, 0.15) is 24.4 Å². The third-order valence-corrected chi connectivity index (χ3v) is 5.88. The van der Waals surface area contributed by atoms with Crippen LogP contribution in [0.3, 0.4) is 0 Å². The Balaban J connectivity index is 2.40. The van der Waals surface area contributed by atoms with Crippen molar-refractivity contribution >= 4 is 12.7 Å². The summed E-state index contributed by atoms with van der Waals surface area (Å²) in [4.78, 5) is 0. The van der Waals surface area contributed by atoms with Crippen molar-refractivity contribution in [3.8, 4) is 0 Å². The van der Waals surface area contributed by atoms with Crippen LogP contribution in [0.2, 0.25) is 0 Å². The predicted octanol–water partition coefficient (Wildman–Crippen LogP) is -1.62. The Morgan fingerprint density at radius 3 is 2.30 bits per heavy atom. The minimum atomic E-state index is -3.90. The summed E-state index contributed by atoms with van der Waals surface area (Å²) in [6.45, 7) is -0.737. The maximum absolute atomic E-state index is 12.8. The molecule has 8 heteroatoms. The molecule has 0 bridgehead atoms. The first-order chi connectivity index (χ1) is 9.41. The van der Waals surface area contributed by atoms with E-state index in [1.165, 1.54) is 12.1 Å². The van der Waals surface area contributed by atoms with Crippen LogP contribution in [-0.2, 0) is 9.09 Å². The fraction of sp³-hybridized carbons (Fsp3) is 0.500. The van der Waals surface area contributed by atoms with Crippen molar-refractivity contribution < 1.29 is 34.6 Å². The maximum atomic E-state index is 12.8. The Morgan fingerprint density at radius 1 is 1.15 bits per heavy atom. The van der Waals surface area contributed by atoms with Crippen LogP contribution < -0.4 is 5.30 Å². The van der Waals surface area contributed by atoms with Crippen molar-refractivity contribution in [3.05, 3.63) is 30.3 Å². The SMILES string of the molecule is O=P1(c2ccccc2)OC(C(O)CO)C(O)C(O)C1O. The lowest BCUT2D eigenvalue weighted by molar-refractivity contribution is -0.139. The van der Waals surface area contributed by atoms with Gasteiger partial charge in [-0.2, -0.15) is 0 Å². The number of aliphatic hydroxyl groups is 5. The van der Waals surface area contributed by atoms with Crippen molar-refractivity contribution in [3.63, 3.8) is 0 Å². The molecule has 1 saturated heterocycles. The minimum Gasteiger partial charge on any atom is -0.394 e. The van der Waals surface area contributed by atoms with Crippen molar-refractivity contribution in [1.29, 1.82) is 0 Å². The number of benzene rings is 1. The van der Waals surface area contributed by atoms with Gasteiger partial charge in [0.25, 0.3) is 7.37 Å². The molecule has 0 aromatic heterocycles. The fourth-order valence-corrected chi connectivity index (χ4v) is 4.47. The molecule has 1 heterocycles. The van der Waals surface area contributed by atoms with Crippen LogP contribution in [-0.4, -0.2) is 62.4 Å². The molecule has 0 radical (unpaired) electrons. The average Bonchev–Trinajstić information content (AvgIpc) is 2.49. The van der Waals surface area contributed by atoms with E-state index in [1.54, 1.807) is 18.2 Å². The van der Waals surface area contributed by atoms with Crippen molar-refractivity contribution in [2.75, 3.05) is 6.61 Å². The standard InChI is InChI=1S/C12H17O7P/c13-6-8(14)11-9(15)10(16)12(17)20(18,19-11)7-4-2-1-3-5-7/h1-5,8-17H,6H2. The quantitative estimate of drug-likeness (QED) is 0.425. The normalized spacial score (nSPS) is 39.5. The van der Waals surface area contributed by atoms with E-state index in [0.717, 1.165) is 0 Å². The second-order valence-corrected chi connectivity index (χ2v) is 7.10. The number of rotatable bonds is 3. The highest BCUT2D eigenvalue weighted by Crippen LogP contribution is 2.56. The Morgan fingerprint density at radius 2 is 1.75 bits per heavy atom. The second kappa shape index (κ2) is 5.91. The number of aliphatic hydroxyl groups excluding tert-OH is 5. The van der Waals surface area contributed by atoms with E-state index in [1.807, 2.05) is 0 Å². The van der Waals surface area contributed by atoms with Gasteiger partial charge >= 0.3 is 0 Å². The van der Waals surface area contributed by atoms with E-state index < -0.39 is 44.2 Å². The van der Waals surface area contributed by atoms with E-state index in [4.69, 9.17) is 9.63 Å². The molecule has 6 unspecified atom stereocenters. The molecular formula is C12H17O7P. The highest BCUT2D eigenvalue weighted by atomic mass is 31.2. The first kappa shape index (κ1) is 15.6. The molecule has 0 saturated carbocycles. The molecule has 1 fully saturated rings. The molecule has 20 heavy (non-hydrogen) atoms. The molecule has 7 nitrogen and oxygen atoms in total. The molecule has 0 aliphatic carbocycles. The Kier molecular flexibility index (Phi) is 4.61. The van der Waals surface area contributed by atoms with Gasteiger partial charge in [0.15, 0.2) is 5.85 Å². The van der Waals surface area contributed by atoms with E-state index in [0.29, 0.717) is 0 Å². The topological polar surface area (TPSA) is 127 Å². The summed E-state index contributed by atoms with van der Waals surface area (Å²) < 4.78 is 18.0. The summed E-state index contributed by atoms with van der Waals surface area (Å²) in [5.41, 5.74) is 0. The monoisotopic (exact) mass is 304 g/mol. The van der Waals surface area contributed by atoms with Gasteiger partial charge in [0.2, 0.25) is 0 Å². The summed E-state index contributed by atoms with van der Waals surface area (Å²) in [6, 6.07) is 7.75. The smallest absolute Gasteiger partial charge is 0.262 e. The largest absolute Gasteiger partial charge is 0.394 e. The van der Waals surface area contributed by atoms with Crippen molar-refractivity contribution in [2.45, 2.75) is 30.3 Å². The van der Waals surface area contributed by atoms with Gasteiger partial charge in [0.05, 0.1) is 6.61 Å². The van der Waals surface area contributed by atoms with Gasteiger partial charge < -0.3 is 30.1 Å². The van der Waals surface area contributed by atoms with Gasteiger partial charge in [-0.3, -0.25) is 4.57 Å². The molecule has 1 aromatic rings. The molecule has 6 atom stereocenters. The summed E-state index contributed by atoms with van der Waals surface area (Å²) in [5, 5.41) is 48.2. The van der Waals surface area contributed by atoms with Crippen molar-refractivity contribution in [1.82, 2.24) is 0 Å². The van der Waals surface area contributed by atoms with E-state index in [2.05, 4.69) is 0 Å². The van der Waals surface area contributed by atoms with Crippen LogP contribution in [0.4, 0.5) is 0 Å². The van der Waals surface area contributed by atoms with E-state index >= 15 is 0 Å². The molecule has 0 amide bonds. The lowest BCUT2D eigenvalue weighted by Gasteiger charge is -2.41. The molecule has 1 aromatic carbocycles. The third-order valence-electron chi connectivity index (χ3n) is 3.30. The van der Waals surface area contributed by atoms with Gasteiger partial charge in [-0.15, -0.1) is 0 Å². The number of hydrogen-bond donors (Lipinski definition) is 5. The maximum Gasteiger partial charge on any atom is 0.262 e. The Bertz CT molecular complexity index is 494. The van der Waals surface area contributed by atoms with Crippen LogP contribution in [0.25, 0.3) is 0 Å². The van der Waals surface area contributed by atoms with Crippen LogP contribution in [0.15, 0.2) is 30.3 Å². The van der Waals surface area contributed by atoms with E-state index in [9.17, 15) is 25.0 Å². The second-order valence-electron chi connectivity index (χ2n) is 4.65. The van der Waals surface area contributed by atoms with Crippen LogP contribution in [0.1, 0.15) is 0 Å². The first-order valence-corrected chi connectivity index (χ1v) is 7.78. The molecule has 1 aliphatic rings. The summed E-state index contributed by atoms with van der Waals surface area (Å²) >= 11 is 0. The molecule has 112 valence electrons. The average molecular weight is 304 g/mol. The summed E-state index contributed by atoms with van der Waals surface area (Å²) in [6.07, 6.45) is -6.38. The molecule has 5 N–H and O–H groups in total. The zero-order chi connectivity index (χ0) is 14.9. The molecule has 0 spiro atoms. The zero-order valence-corrected chi connectivity index (χ0v) is 11.4. The minimum absolute atomic E-state index is 0.161. The van der Waals surface area contributed by atoms with Gasteiger partial charge in [0, 0.05) is 5.30 Å². The van der Waals surface area contributed by atoms with Gasteiger partial charge in [-0.25, -0.2) is 0 Å². The van der Waals surface area contributed by atoms with Gasteiger partial charge in [-0.05, 0) is 12.1 Å². The van der Waals surface area contributed by atoms with Gasteiger partial charge in [-0.1, -0.05) is 18.2 Å². The number of hydrogen-bond acceptors (Lipinski definition) is 7. The molecule has 2 rings (SSSR count). The molecule has 1 aliphatic heterocycles. The van der Waals surface area contributed by atoms with Crippen LogP contribution in [0, 0.1) is 0 Å². The molecular weight excluding hydrogens is 287 g/mol. The summed E-state index contributed by atoms with van der Waals surface area (Å²) in [5.74, 6) is -1.80. The fourth-order valence-electron chi connectivity index (χ4n) is 2.13. The third kappa shape index (κ3) is 2.54. The predicted molar refractivity (Wildman–Crippen MR) is 69.7 cm³/mol. The zero-order valence-electron chi connectivity index (χ0n) is 10.5. The van der Waals surface area contributed by atoms with Crippen LogP contribution in [0.5, 0.6) is 0 Å². The van der Waals surface area contributed by atoms with E-state index in [-0.39, 0.29) is 5.30 Å². The Hall–Kier alpha value is -0.790. The lowest BCUT2D eigenvalue weighted by Crippen LogP contribution is -2.56. The van der Waals surface area contributed by atoms with Crippen LogP contribution >= 0.6 is 7.37 Å². The lowest BCUT2D eigenvalue weighted by atomic mass is 10.0. The Labute approximate surface area is 115 Å². The first-order valence-electron chi connectivity index (χ1n) is 6.08.